The number of amides is 2. The van der Waals surface area contributed by atoms with Crippen LogP contribution < -0.4 is 16.3 Å². The third kappa shape index (κ3) is 6.20. The van der Waals surface area contributed by atoms with E-state index in [1.165, 1.54) is 10.6 Å². The van der Waals surface area contributed by atoms with Crippen molar-refractivity contribution in [1.82, 2.24) is 25.0 Å². The largest absolute Gasteiger partial charge is 0.464 e. The molecule has 2 amide bonds. The van der Waals surface area contributed by atoms with Gasteiger partial charge in [-0.1, -0.05) is 23.7 Å². The van der Waals surface area contributed by atoms with Gasteiger partial charge in [0.05, 0.1) is 12.2 Å². The molecule has 0 bridgehead atoms. The maximum atomic E-state index is 13.5. The molecule has 2 aliphatic carbocycles. The van der Waals surface area contributed by atoms with Crippen molar-refractivity contribution in [3.05, 3.63) is 75.2 Å². The van der Waals surface area contributed by atoms with E-state index in [9.17, 15) is 32.3 Å². The predicted molar refractivity (Wildman–Crippen MR) is 144 cm³/mol. The number of carbonyl (C=O) groups is 3. The third-order valence-corrected chi connectivity index (χ3v) is 7.32. The summed E-state index contributed by atoms with van der Waals surface area (Å²) in [6.07, 6.45) is -2.62. The lowest BCUT2D eigenvalue weighted by molar-refractivity contribution is -0.149. The van der Waals surface area contributed by atoms with Crippen LogP contribution >= 0.6 is 11.6 Å². The second-order valence-electron chi connectivity index (χ2n) is 10.3. The van der Waals surface area contributed by atoms with E-state index >= 15 is 0 Å². The molecule has 1 heterocycles. The number of carbonyl (C=O) groups excluding carboxylic acids is 3. The average molecular weight is 606 g/mol. The van der Waals surface area contributed by atoms with E-state index in [-0.39, 0.29) is 31.1 Å². The zero-order valence-corrected chi connectivity index (χ0v) is 23.2. The summed E-state index contributed by atoms with van der Waals surface area (Å²) in [6, 6.07) is 8.95. The van der Waals surface area contributed by atoms with Crippen molar-refractivity contribution in [2.75, 3.05) is 6.61 Å². The molecule has 1 unspecified atom stereocenters. The summed E-state index contributed by atoms with van der Waals surface area (Å²) < 4.78 is 47.9. The molecule has 2 N–H and O–H groups in total. The number of hydrogen-bond acceptors (Lipinski definition) is 6. The first-order valence-electron chi connectivity index (χ1n) is 13.3. The molecule has 2 saturated carbocycles. The lowest BCUT2D eigenvalue weighted by Gasteiger charge is -2.23. The van der Waals surface area contributed by atoms with Gasteiger partial charge in [0, 0.05) is 16.6 Å². The number of nitrogens with zero attached hydrogens (tertiary/aromatic N) is 3. The minimum Gasteiger partial charge on any atom is -0.464 e. The first kappa shape index (κ1) is 29.4. The number of halogens is 4. The van der Waals surface area contributed by atoms with Crippen LogP contribution in [0.1, 0.15) is 55.8 Å². The minimum atomic E-state index is -4.70. The Hall–Kier alpha value is -4.13. The van der Waals surface area contributed by atoms with Crippen molar-refractivity contribution in [3.8, 4) is 11.4 Å². The van der Waals surface area contributed by atoms with Crippen molar-refractivity contribution >= 4 is 29.4 Å². The van der Waals surface area contributed by atoms with Crippen molar-refractivity contribution < 1.29 is 32.3 Å². The first-order chi connectivity index (χ1) is 19.9. The summed E-state index contributed by atoms with van der Waals surface area (Å²) in [6.45, 7) is 1.07. The molecule has 3 aromatic rings. The lowest BCUT2D eigenvalue weighted by Crippen LogP contribution is -2.50. The van der Waals surface area contributed by atoms with Gasteiger partial charge in [0.25, 0.3) is 0 Å². The van der Waals surface area contributed by atoms with E-state index in [1.807, 2.05) is 0 Å². The summed E-state index contributed by atoms with van der Waals surface area (Å²) in [7, 11) is 0. The van der Waals surface area contributed by atoms with Crippen LogP contribution in [0.5, 0.6) is 0 Å². The van der Waals surface area contributed by atoms with Crippen molar-refractivity contribution in [2.45, 2.75) is 63.0 Å². The Labute approximate surface area is 242 Å². The van der Waals surface area contributed by atoms with Crippen molar-refractivity contribution in [3.63, 3.8) is 0 Å². The van der Waals surface area contributed by atoms with E-state index in [1.54, 1.807) is 31.2 Å². The molecule has 1 aromatic heterocycles. The Morgan fingerprint density at radius 1 is 1.14 bits per heavy atom. The summed E-state index contributed by atoms with van der Waals surface area (Å²) >= 11 is 5.99. The molecule has 0 saturated heterocycles. The number of esters is 1. The van der Waals surface area contributed by atoms with Gasteiger partial charge >= 0.3 is 17.8 Å². The van der Waals surface area contributed by atoms with Gasteiger partial charge in [-0.25, -0.2) is 14.3 Å². The van der Waals surface area contributed by atoms with Crippen LogP contribution in [-0.2, 0) is 31.8 Å². The van der Waals surface area contributed by atoms with Crippen LogP contribution in [0.15, 0.2) is 53.3 Å². The normalized spacial score (nSPS) is 16.4. The SMILES string of the molecule is CCOC(=O)C1(NC(=O)C(NC(=O)Cn2nc(-c3ccc(Cl)cc3)n(C3CC3)c2=O)c2cccc(C(F)(F)F)c2)CC1. The van der Waals surface area contributed by atoms with Gasteiger partial charge < -0.3 is 15.4 Å². The summed E-state index contributed by atoms with van der Waals surface area (Å²) in [5, 5.41) is 9.82. The van der Waals surface area contributed by atoms with Gasteiger partial charge in [-0.05, 0) is 74.6 Å². The molecular weight excluding hydrogens is 579 g/mol. The van der Waals surface area contributed by atoms with E-state index in [4.69, 9.17) is 16.3 Å². The minimum absolute atomic E-state index is 0.0739. The number of benzene rings is 2. The van der Waals surface area contributed by atoms with Crippen molar-refractivity contribution in [1.29, 1.82) is 0 Å². The fourth-order valence-corrected chi connectivity index (χ4v) is 4.73. The van der Waals surface area contributed by atoms with Gasteiger partial charge in [0.2, 0.25) is 11.8 Å². The molecular formula is C28H27ClF3N5O5. The molecule has 2 aromatic carbocycles. The quantitative estimate of drug-likeness (QED) is 0.339. The molecule has 0 spiro atoms. The van der Waals surface area contributed by atoms with Crippen LogP contribution in [0.4, 0.5) is 13.2 Å². The van der Waals surface area contributed by atoms with Gasteiger partial charge in [-0.15, -0.1) is 5.10 Å². The highest BCUT2D eigenvalue weighted by Crippen LogP contribution is 2.38. The van der Waals surface area contributed by atoms with Crippen LogP contribution in [0.3, 0.4) is 0 Å². The van der Waals surface area contributed by atoms with Gasteiger partial charge in [0.15, 0.2) is 5.82 Å². The van der Waals surface area contributed by atoms with Crippen LogP contribution in [0.25, 0.3) is 11.4 Å². The monoisotopic (exact) mass is 605 g/mol. The molecule has 222 valence electrons. The zero-order valence-electron chi connectivity index (χ0n) is 22.4. The Balaban J connectivity index is 1.42. The van der Waals surface area contributed by atoms with Gasteiger partial charge in [-0.2, -0.15) is 13.2 Å². The highest BCUT2D eigenvalue weighted by Gasteiger charge is 2.53. The second kappa shape index (κ2) is 11.3. The summed E-state index contributed by atoms with van der Waals surface area (Å²) in [5.74, 6) is -2.08. The standard InChI is InChI=1S/C28H27ClF3N5O5/c1-2-42-25(40)27(12-13-27)34-24(39)22(17-4-3-5-18(14-17)28(30,31)32)33-21(38)15-36-26(41)37(20-10-11-20)23(35-36)16-6-8-19(29)9-7-16/h3-9,14,20,22H,2,10-13,15H2,1H3,(H,33,38)(H,34,39). The van der Waals surface area contributed by atoms with E-state index in [0.29, 0.717) is 16.4 Å². The topological polar surface area (TPSA) is 124 Å². The van der Waals surface area contributed by atoms with Crippen LogP contribution in [-0.4, -0.2) is 44.3 Å². The molecule has 14 heteroatoms. The molecule has 1 atom stereocenters. The number of aromatic nitrogens is 3. The van der Waals surface area contributed by atoms with E-state index in [2.05, 4.69) is 15.7 Å². The number of ether oxygens (including phenoxy) is 1. The highest BCUT2D eigenvalue weighted by atomic mass is 35.5. The van der Waals surface area contributed by atoms with Crippen molar-refractivity contribution in [2.24, 2.45) is 0 Å². The average Bonchev–Trinajstić information content (AvgIpc) is 3.88. The van der Waals surface area contributed by atoms with Crippen LogP contribution in [0.2, 0.25) is 5.02 Å². The molecule has 2 fully saturated rings. The number of hydrogen-bond donors (Lipinski definition) is 2. The molecule has 42 heavy (non-hydrogen) atoms. The second-order valence-corrected chi connectivity index (χ2v) is 10.7. The lowest BCUT2D eigenvalue weighted by atomic mass is 10.0. The molecule has 0 aliphatic heterocycles. The van der Waals surface area contributed by atoms with E-state index < -0.39 is 53.3 Å². The molecule has 0 radical (unpaired) electrons. The zero-order chi connectivity index (χ0) is 30.2. The molecule has 10 nitrogen and oxygen atoms in total. The number of nitrogens with one attached hydrogen (secondary N) is 2. The molecule has 2 aliphatic rings. The highest BCUT2D eigenvalue weighted by molar-refractivity contribution is 6.30. The molecule has 5 rings (SSSR count). The van der Waals surface area contributed by atoms with Crippen LogP contribution in [0, 0.1) is 0 Å². The Morgan fingerprint density at radius 3 is 2.43 bits per heavy atom. The Bertz CT molecular complexity index is 1580. The number of rotatable bonds is 10. The summed E-state index contributed by atoms with van der Waals surface area (Å²) in [5.41, 5.74) is -2.43. The Kier molecular flexibility index (Phi) is 7.88. The number of alkyl halides is 3. The fourth-order valence-electron chi connectivity index (χ4n) is 4.60. The summed E-state index contributed by atoms with van der Waals surface area (Å²) in [4.78, 5) is 52.2. The predicted octanol–water partition coefficient (Wildman–Crippen LogP) is 3.79. The third-order valence-electron chi connectivity index (χ3n) is 7.07. The van der Waals surface area contributed by atoms with E-state index in [0.717, 1.165) is 35.7 Å². The smallest absolute Gasteiger partial charge is 0.416 e. The maximum absolute atomic E-state index is 13.5. The van der Waals surface area contributed by atoms with Gasteiger partial charge in [0.1, 0.15) is 18.1 Å². The maximum Gasteiger partial charge on any atom is 0.416 e. The Morgan fingerprint density at radius 2 is 1.83 bits per heavy atom. The fraction of sp³-hybridized carbons (Fsp3) is 0.393. The first-order valence-corrected chi connectivity index (χ1v) is 13.7. The van der Waals surface area contributed by atoms with Gasteiger partial charge in [-0.3, -0.25) is 14.2 Å².